The van der Waals surface area contributed by atoms with Gasteiger partial charge in [-0.2, -0.15) is 0 Å². The number of alkyl carbamates (subject to hydrolysis) is 1. The molecule has 3 aromatic rings. The predicted molar refractivity (Wildman–Crippen MR) is 133 cm³/mol. The first kappa shape index (κ1) is 24.4. The number of carboxylic acids is 1. The molecule has 9 heteroatoms. The second kappa shape index (κ2) is 10.7. The monoisotopic (exact) mass is 493 g/mol. The molecule has 0 spiro atoms. The maximum absolute atomic E-state index is 12.4. The average molecular weight is 494 g/mol. The lowest BCUT2D eigenvalue weighted by Gasteiger charge is -2.14. The van der Waals surface area contributed by atoms with E-state index >= 15 is 0 Å². The molecular formula is C26H27N3O5S. The van der Waals surface area contributed by atoms with E-state index in [1.54, 1.807) is 13.8 Å². The zero-order valence-electron chi connectivity index (χ0n) is 19.5. The number of aliphatic carboxylic acids is 1. The van der Waals surface area contributed by atoms with Gasteiger partial charge < -0.3 is 20.5 Å². The molecule has 8 nitrogen and oxygen atoms in total. The molecule has 4 rings (SSSR count). The van der Waals surface area contributed by atoms with Crippen molar-refractivity contribution in [3.05, 3.63) is 75.2 Å². The fourth-order valence-corrected chi connectivity index (χ4v) is 5.01. The first-order valence-electron chi connectivity index (χ1n) is 11.4. The maximum atomic E-state index is 12.4. The summed E-state index contributed by atoms with van der Waals surface area (Å²) in [5.41, 5.74) is 4.90. The molecule has 1 aliphatic rings. The number of carbonyl (C=O) groups excluding carboxylic acids is 2. The van der Waals surface area contributed by atoms with Crippen LogP contribution in [0.5, 0.6) is 0 Å². The van der Waals surface area contributed by atoms with E-state index < -0.39 is 18.0 Å². The third-order valence-corrected chi connectivity index (χ3v) is 7.04. The number of amides is 2. The number of aromatic nitrogens is 1. The number of nitrogens with zero attached hydrogens (tertiary/aromatic N) is 1. The summed E-state index contributed by atoms with van der Waals surface area (Å²) in [6, 6.07) is 16.3. The Bertz CT molecular complexity index is 1210. The van der Waals surface area contributed by atoms with Crippen LogP contribution in [0, 0.1) is 12.8 Å². The first-order valence-corrected chi connectivity index (χ1v) is 12.2. The third kappa shape index (κ3) is 5.51. The second-order valence-corrected chi connectivity index (χ2v) is 9.76. The van der Waals surface area contributed by atoms with Crippen molar-refractivity contribution in [3.8, 4) is 11.1 Å². The molecule has 1 heterocycles. The van der Waals surface area contributed by atoms with Crippen LogP contribution in [0.2, 0.25) is 0 Å². The Labute approximate surface area is 207 Å². The van der Waals surface area contributed by atoms with Gasteiger partial charge >= 0.3 is 12.1 Å². The van der Waals surface area contributed by atoms with Gasteiger partial charge in [-0.3, -0.25) is 9.59 Å². The van der Waals surface area contributed by atoms with Crippen molar-refractivity contribution in [1.82, 2.24) is 15.6 Å². The van der Waals surface area contributed by atoms with Crippen LogP contribution in [-0.4, -0.2) is 41.2 Å². The second-order valence-electron chi connectivity index (χ2n) is 8.48. The highest BCUT2D eigenvalue weighted by atomic mass is 32.1. The molecule has 0 radical (unpaired) electrons. The number of ether oxygens (including phenoxy) is 1. The van der Waals surface area contributed by atoms with Crippen molar-refractivity contribution >= 4 is 29.3 Å². The lowest BCUT2D eigenvalue weighted by molar-refractivity contribution is -0.141. The molecule has 0 aliphatic heterocycles. The molecule has 0 saturated carbocycles. The minimum atomic E-state index is -0.898. The number of benzene rings is 2. The van der Waals surface area contributed by atoms with Crippen LogP contribution in [0.15, 0.2) is 48.5 Å². The normalized spacial score (nSPS) is 13.0. The Morgan fingerprint density at radius 2 is 1.69 bits per heavy atom. The minimum Gasteiger partial charge on any atom is -0.481 e. The number of carbonyl (C=O) groups is 3. The Balaban J connectivity index is 1.29. The van der Waals surface area contributed by atoms with Gasteiger partial charge in [-0.05, 0) is 35.6 Å². The minimum absolute atomic E-state index is 0.0191. The van der Waals surface area contributed by atoms with E-state index in [9.17, 15) is 14.4 Å². The van der Waals surface area contributed by atoms with Gasteiger partial charge in [0.25, 0.3) is 5.91 Å². The van der Waals surface area contributed by atoms with Gasteiger partial charge in [-0.1, -0.05) is 55.5 Å². The number of fused-ring (bicyclic) bond motifs is 3. The van der Waals surface area contributed by atoms with Gasteiger partial charge in [-0.25, -0.2) is 9.78 Å². The number of rotatable bonds is 9. The zero-order valence-corrected chi connectivity index (χ0v) is 20.4. The summed E-state index contributed by atoms with van der Waals surface area (Å²) in [6.45, 7) is 3.99. The number of nitrogens with one attached hydrogen (secondary N) is 2. The quantitative estimate of drug-likeness (QED) is 0.408. The molecule has 2 amide bonds. The van der Waals surface area contributed by atoms with Crippen molar-refractivity contribution in [2.75, 3.05) is 13.2 Å². The Morgan fingerprint density at radius 1 is 1.06 bits per heavy atom. The fourth-order valence-electron chi connectivity index (χ4n) is 4.14. The molecule has 0 fully saturated rings. The fraction of sp³-hybridized carbons (Fsp3) is 0.308. The summed E-state index contributed by atoms with van der Waals surface area (Å²) in [6.07, 6.45) is -0.214. The van der Waals surface area contributed by atoms with Crippen LogP contribution in [0.3, 0.4) is 0 Å². The molecule has 0 bridgehead atoms. The Kier molecular flexibility index (Phi) is 7.45. The molecular weight excluding hydrogens is 466 g/mol. The highest BCUT2D eigenvalue weighted by Gasteiger charge is 2.29. The zero-order chi connectivity index (χ0) is 24.9. The number of hydrogen-bond acceptors (Lipinski definition) is 6. The van der Waals surface area contributed by atoms with Crippen molar-refractivity contribution in [2.45, 2.75) is 32.7 Å². The summed E-state index contributed by atoms with van der Waals surface area (Å²) < 4.78 is 5.54. The van der Waals surface area contributed by atoms with Gasteiger partial charge in [0.1, 0.15) is 17.3 Å². The van der Waals surface area contributed by atoms with E-state index in [-0.39, 0.29) is 37.2 Å². The Morgan fingerprint density at radius 3 is 2.31 bits per heavy atom. The van der Waals surface area contributed by atoms with Gasteiger partial charge in [0.2, 0.25) is 0 Å². The highest BCUT2D eigenvalue weighted by Crippen LogP contribution is 2.44. The molecule has 1 aromatic heterocycles. The number of hydrogen-bond donors (Lipinski definition) is 3. The van der Waals surface area contributed by atoms with E-state index in [1.165, 1.54) is 22.5 Å². The predicted octanol–water partition coefficient (Wildman–Crippen LogP) is 4.33. The van der Waals surface area contributed by atoms with Crippen LogP contribution in [0.25, 0.3) is 11.1 Å². The Hall–Kier alpha value is -3.72. The molecule has 1 unspecified atom stereocenters. The number of carboxylic acid groups (broad SMARTS) is 1. The molecule has 1 aliphatic carbocycles. The largest absolute Gasteiger partial charge is 0.481 e. The molecule has 2 aromatic carbocycles. The number of thiazole rings is 1. The standard InChI is InChI=1S/C26H27N3O5S/c1-15(25(31)32)11-12-27-24(30)23-16(2)35-22(29-23)13-28-26(33)34-14-21-19-9-5-3-7-17(19)18-8-4-6-10-20(18)21/h3-10,15,21H,11-14H2,1-2H3,(H,27,30)(H,28,33)(H,31,32). The van der Waals surface area contributed by atoms with Crippen LogP contribution >= 0.6 is 11.3 Å². The third-order valence-electron chi connectivity index (χ3n) is 6.07. The lowest BCUT2D eigenvalue weighted by Crippen LogP contribution is -2.28. The smallest absolute Gasteiger partial charge is 0.407 e. The van der Waals surface area contributed by atoms with Crippen LogP contribution < -0.4 is 10.6 Å². The molecule has 0 saturated heterocycles. The van der Waals surface area contributed by atoms with Crippen molar-refractivity contribution in [1.29, 1.82) is 0 Å². The summed E-state index contributed by atoms with van der Waals surface area (Å²) in [5, 5.41) is 14.9. The van der Waals surface area contributed by atoms with Crippen molar-refractivity contribution in [3.63, 3.8) is 0 Å². The topological polar surface area (TPSA) is 118 Å². The maximum Gasteiger partial charge on any atom is 0.407 e. The van der Waals surface area contributed by atoms with E-state index in [0.717, 1.165) is 16.0 Å². The van der Waals surface area contributed by atoms with Gasteiger partial charge in [0.05, 0.1) is 12.5 Å². The van der Waals surface area contributed by atoms with Crippen LogP contribution in [-0.2, 0) is 16.1 Å². The van der Waals surface area contributed by atoms with Crippen LogP contribution in [0.1, 0.15) is 50.8 Å². The summed E-state index contributed by atoms with van der Waals surface area (Å²) in [4.78, 5) is 40.7. The summed E-state index contributed by atoms with van der Waals surface area (Å²) in [7, 11) is 0. The van der Waals surface area contributed by atoms with Gasteiger partial charge in [0.15, 0.2) is 0 Å². The van der Waals surface area contributed by atoms with E-state index in [1.807, 2.05) is 24.3 Å². The summed E-state index contributed by atoms with van der Waals surface area (Å²) >= 11 is 1.32. The van der Waals surface area contributed by atoms with E-state index in [4.69, 9.17) is 9.84 Å². The summed E-state index contributed by atoms with van der Waals surface area (Å²) in [5.74, 6) is -1.81. The van der Waals surface area contributed by atoms with Crippen LogP contribution in [0.4, 0.5) is 4.79 Å². The van der Waals surface area contributed by atoms with Gasteiger partial charge in [-0.15, -0.1) is 11.3 Å². The van der Waals surface area contributed by atoms with Crippen molar-refractivity contribution in [2.24, 2.45) is 5.92 Å². The molecule has 35 heavy (non-hydrogen) atoms. The van der Waals surface area contributed by atoms with Crippen molar-refractivity contribution < 1.29 is 24.2 Å². The first-order chi connectivity index (χ1) is 16.8. The van der Waals surface area contributed by atoms with Gasteiger partial charge in [0, 0.05) is 17.3 Å². The lowest BCUT2D eigenvalue weighted by atomic mass is 9.98. The van der Waals surface area contributed by atoms with E-state index in [0.29, 0.717) is 11.4 Å². The number of aryl methyl sites for hydroxylation is 1. The molecule has 1 atom stereocenters. The SMILES string of the molecule is Cc1sc(CNC(=O)OCC2c3ccccc3-c3ccccc32)nc1C(=O)NCCC(C)C(=O)O. The average Bonchev–Trinajstić information content (AvgIpc) is 3.38. The molecule has 3 N–H and O–H groups in total. The molecule has 182 valence electrons. The highest BCUT2D eigenvalue weighted by molar-refractivity contribution is 7.11. The van der Waals surface area contributed by atoms with E-state index in [2.05, 4.69) is 39.9 Å².